The predicted molar refractivity (Wildman–Crippen MR) is 65.0 cm³/mol. The Kier molecular flexibility index (Phi) is 3.04. The minimum absolute atomic E-state index is 0.104. The molecule has 0 aliphatic rings. The van der Waals surface area contributed by atoms with Crippen molar-refractivity contribution in [2.45, 2.75) is 27.2 Å². The van der Waals surface area contributed by atoms with Crippen molar-refractivity contribution in [3.63, 3.8) is 0 Å². The summed E-state index contributed by atoms with van der Waals surface area (Å²) < 4.78 is 1.48. The highest BCUT2D eigenvalue weighted by atomic mass is 16.2. The molecule has 17 heavy (non-hydrogen) atoms. The Balaban J connectivity index is 2.45. The summed E-state index contributed by atoms with van der Waals surface area (Å²) in [6.45, 7) is 5.93. The summed E-state index contributed by atoms with van der Waals surface area (Å²) in [5.41, 5.74) is 3.60. The smallest absolute Gasteiger partial charge is 0.267 e. The van der Waals surface area contributed by atoms with Crippen LogP contribution in [0.5, 0.6) is 0 Å². The molecule has 2 heterocycles. The van der Waals surface area contributed by atoms with Gasteiger partial charge in [0.2, 0.25) is 0 Å². The van der Waals surface area contributed by atoms with Gasteiger partial charge in [-0.25, -0.2) is 4.68 Å². The highest BCUT2D eigenvalue weighted by Crippen LogP contribution is 2.14. The van der Waals surface area contributed by atoms with E-state index in [-0.39, 0.29) is 5.91 Å². The van der Waals surface area contributed by atoms with Crippen LogP contribution < -0.4 is 0 Å². The van der Waals surface area contributed by atoms with Crippen molar-refractivity contribution in [3.05, 3.63) is 47.0 Å². The first kappa shape index (κ1) is 11.5. The zero-order chi connectivity index (χ0) is 12.4. The second kappa shape index (κ2) is 4.49. The number of hydrogen-bond donors (Lipinski definition) is 0. The summed E-state index contributed by atoms with van der Waals surface area (Å²) in [5.74, 6) is -0.104. The van der Waals surface area contributed by atoms with Crippen LogP contribution in [-0.4, -0.2) is 20.7 Å². The third kappa shape index (κ3) is 1.98. The lowest BCUT2D eigenvalue weighted by molar-refractivity contribution is 0.0942. The predicted octanol–water partition coefficient (Wildman–Crippen LogP) is 2.15. The number of hydrogen-bond acceptors (Lipinski definition) is 3. The summed E-state index contributed by atoms with van der Waals surface area (Å²) in [5, 5.41) is 4.30. The van der Waals surface area contributed by atoms with Crippen molar-refractivity contribution >= 4 is 5.91 Å². The van der Waals surface area contributed by atoms with Gasteiger partial charge in [0.1, 0.15) is 0 Å². The number of aryl methyl sites for hydroxylation is 1. The van der Waals surface area contributed by atoms with Gasteiger partial charge in [0, 0.05) is 23.7 Å². The molecule has 2 aromatic rings. The molecule has 88 valence electrons. The number of carbonyl (C=O) groups is 1. The largest absolute Gasteiger partial charge is 0.278 e. The molecule has 2 aromatic heterocycles. The molecule has 0 amide bonds. The van der Waals surface area contributed by atoms with Crippen molar-refractivity contribution < 1.29 is 4.79 Å². The molecule has 0 radical (unpaired) electrons. The van der Waals surface area contributed by atoms with E-state index < -0.39 is 0 Å². The number of rotatable bonds is 2. The third-order valence-corrected chi connectivity index (χ3v) is 2.91. The van der Waals surface area contributed by atoms with Crippen LogP contribution in [0.3, 0.4) is 0 Å². The maximum Gasteiger partial charge on any atom is 0.278 e. The van der Waals surface area contributed by atoms with E-state index in [2.05, 4.69) is 17.0 Å². The van der Waals surface area contributed by atoms with Crippen LogP contribution in [0.25, 0.3) is 0 Å². The molecule has 0 bridgehead atoms. The quantitative estimate of drug-likeness (QED) is 0.792. The number of pyridine rings is 1. The number of aromatic nitrogens is 3. The number of carbonyl (C=O) groups excluding carboxylic acids is 1. The minimum Gasteiger partial charge on any atom is -0.267 e. The van der Waals surface area contributed by atoms with Gasteiger partial charge in [-0.15, -0.1) is 0 Å². The highest BCUT2D eigenvalue weighted by Gasteiger charge is 2.16. The molecule has 4 heteroatoms. The van der Waals surface area contributed by atoms with Crippen LogP contribution in [-0.2, 0) is 6.42 Å². The second-order valence-electron chi connectivity index (χ2n) is 3.96. The maximum atomic E-state index is 12.2. The Morgan fingerprint density at radius 3 is 2.47 bits per heavy atom. The van der Waals surface area contributed by atoms with Gasteiger partial charge in [0.15, 0.2) is 0 Å². The van der Waals surface area contributed by atoms with Gasteiger partial charge in [-0.3, -0.25) is 9.78 Å². The van der Waals surface area contributed by atoms with E-state index in [1.807, 2.05) is 13.8 Å². The molecule has 0 aromatic carbocycles. The van der Waals surface area contributed by atoms with Gasteiger partial charge in [-0.05, 0) is 38.0 Å². The molecular weight excluding hydrogens is 214 g/mol. The maximum absolute atomic E-state index is 12.2. The van der Waals surface area contributed by atoms with Crippen LogP contribution in [0.2, 0.25) is 0 Å². The Bertz CT molecular complexity index is 543. The Labute approximate surface area is 100 Å². The van der Waals surface area contributed by atoms with E-state index in [4.69, 9.17) is 0 Å². The van der Waals surface area contributed by atoms with Gasteiger partial charge in [0.05, 0.1) is 5.69 Å². The average molecular weight is 229 g/mol. The molecule has 0 atom stereocenters. The van der Waals surface area contributed by atoms with Crippen molar-refractivity contribution in [2.24, 2.45) is 0 Å². The second-order valence-corrected chi connectivity index (χ2v) is 3.96. The Morgan fingerprint density at radius 1 is 1.29 bits per heavy atom. The average Bonchev–Trinajstić information content (AvgIpc) is 2.64. The normalized spacial score (nSPS) is 10.5. The van der Waals surface area contributed by atoms with E-state index in [9.17, 15) is 4.79 Å². The van der Waals surface area contributed by atoms with E-state index in [0.29, 0.717) is 5.56 Å². The molecule has 0 fully saturated rings. The molecule has 4 nitrogen and oxygen atoms in total. The van der Waals surface area contributed by atoms with Gasteiger partial charge in [-0.2, -0.15) is 5.10 Å². The SMILES string of the molecule is CCc1c(C)nn(C(=O)c2ccncc2)c1C. The lowest BCUT2D eigenvalue weighted by Gasteiger charge is -2.03. The first-order valence-electron chi connectivity index (χ1n) is 5.65. The van der Waals surface area contributed by atoms with Gasteiger partial charge in [-0.1, -0.05) is 6.92 Å². The van der Waals surface area contributed by atoms with Crippen molar-refractivity contribution in [1.82, 2.24) is 14.8 Å². The zero-order valence-electron chi connectivity index (χ0n) is 10.3. The Morgan fingerprint density at radius 2 is 1.94 bits per heavy atom. The summed E-state index contributed by atoms with van der Waals surface area (Å²) in [4.78, 5) is 16.1. The fourth-order valence-corrected chi connectivity index (χ4v) is 2.00. The van der Waals surface area contributed by atoms with Crippen LogP contribution in [0.15, 0.2) is 24.5 Å². The van der Waals surface area contributed by atoms with E-state index in [1.54, 1.807) is 24.5 Å². The molecule has 0 N–H and O–H groups in total. The molecule has 0 aliphatic heterocycles. The lowest BCUT2D eigenvalue weighted by Crippen LogP contribution is -2.15. The first-order chi connectivity index (χ1) is 8.15. The third-order valence-electron chi connectivity index (χ3n) is 2.91. The zero-order valence-corrected chi connectivity index (χ0v) is 10.3. The first-order valence-corrected chi connectivity index (χ1v) is 5.65. The van der Waals surface area contributed by atoms with Crippen LogP contribution >= 0.6 is 0 Å². The molecule has 0 unspecified atom stereocenters. The van der Waals surface area contributed by atoms with Crippen LogP contribution in [0, 0.1) is 13.8 Å². The van der Waals surface area contributed by atoms with E-state index in [0.717, 1.165) is 23.4 Å². The van der Waals surface area contributed by atoms with Crippen molar-refractivity contribution in [2.75, 3.05) is 0 Å². The summed E-state index contributed by atoms with van der Waals surface area (Å²) in [7, 11) is 0. The molecular formula is C13H15N3O. The summed E-state index contributed by atoms with van der Waals surface area (Å²) in [6, 6.07) is 3.40. The van der Waals surface area contributed by atoms with E-state index in [1.165, 1.54) is 4.68 Å². The molecule has 0 spiro atoms. The summed E-state index contributed by atoms with van der Waals surface area (Å²) in [6.07, 6.45) is 4.11. The molecule has 0 saturated carbocycles. The fourth-order valence-electron chi connectivity index (χ4n) is 2.00. The number of nitrogens with zero attached hydrogens (tertiary/aromatic N) is 3. The minimum atomic E-state index is -0.104. The topological polar surface area (TPSA) is 47.8 Å². The lowest BCUT2D eigenvalue weighted by atomic mass is 10.1. The van der Waals surface area contributed by atoms with Crippen LogP contribution in [0.4, 0.5) is 0 Å². The molecule has 0 aliphatic carbocycles. The van der Waals surface area contributed by atoms with Crippen LogP contribution in [0.1, 0.15) is 34.2 Å². The van der Waals surface area contributed by atoms with Crippen molar-refractivity contribution in [3.8, 4) is 0 Å². The summed E-state index contributed by atoms with van der Waals surface area (Å²) >= 11 is 0. The molecule has 0 saturated heterocycles. The molecule has 2 rings (SSSR count). The fraction of sp³-hybridized carbons (Fsp3) is 0.308. The van der Waals surface area contributed by atoms with Gasteiger partial charge >= 0.3 is 0 Å². The Hall–Kier alpha value is -1.97. The monoisotopic (exact) mass is 229 g/mol. The van der Waals surface area contributed by atoms with Gasteiger partial charge in [0.25, 0.3) is 5.91 Å². The van der Waals surface area contributed by atoms with Gasteiger partial charge < -0.3 is 0 Å². The standard InChI is InChI=1S/C13H15N3O/c1-4-12-9(2)15-16(10(12)3)13(17)11-5-7-14-8-6-11/h5-8H,4H2,1-3H3. The van der Waals surface area contributed by atoms with Crippen molar-refractivity contribution in [1.29, 1.82) is 0 Å². The highest BCUT2D eigenvalue weighted by molar-refractivity contribution is 5.95. The van der Waals surface area contributed by atoms with E-state index >= 15 is 0 Å².